The van der Waals surface area contributed by atoms with Crippen molar-refractivity contribution in [3.63, 3.8) is 0 Å². The first kappa shape index (κ1) is 19.5. The van der Waals surface area contributed by atoms with Crippen LogP contribution >= 0.6 is 52.1 Å². The Balaban J connectivity index is -0.000000136. The number of thiophene rings is 1. The number of halogens is 3. The number of hydrogen-bond acceptors (Lipinski definition) is 1. The quantitative estimate of drug-likeness (QED) is 0.731. The van der Waals surface area contributed by atoms with Crippen molar-refractivity contribution in [1.82, 2.24) is 0 Å². The molecular formula is C6H14B3BrCl2S. The first-order valence-electron chi connectivity index (χ1n) is 3.99. The average Bonchev–Trinajstić information content (AvgIpc) is 2.43. The summed E-state index contributed by atoms with van der Waals surface area (Å²) in [5.74, 6) is 0. The molecule has 0 aromatic carbocycles. The van der Waals surface area contributed by atoms with Crippen LogP contribution < -0.4 is 0 Å². The van der Waals surface area contributed by atoms with Gasteiger partial charge in [-0.25, -0.2) is 0 Å². The van der Waals surface area contributed by atoms with Gasteiger partial charge in [-0.2, -0.15) is 11.3 Å². The standard InChI is InChI=1S/C4H3BrS.C2H9B3.2ClH/c5-4-1-2-6-3-4;3-1-2-5-4;;/h1-3H;5H,1-4H2;2*1H. The van der Waals surface area contributed by atoms with Crippen molar-refractivity contribution in [1.29, 1.82) is 0 Å². The lowest BCUT2D eigenvalue weighted by Gasteiger charge is -1.75. The molecule has 0 saturated carbocycles. The lowest BCUT2D eigenvalue weighted by molar-refractivity contribution is 1.45. The van der Waals surface area contributed by atoms with Crippen LogP contribution in [0.25, 0.3) is 0 Å². The van der Waals surface area contributed by atoms with E-state index in [9.17, 15) is 0 Å². The van der Waals surface area contributed by atoms with Gasteiger partial charge in [0.2, 0.25) is 0 Å². The lowest BCUT2D eigenvalue weighted by atomic mass is 9.52. The normalized spacial score (nSPS) is 6.85. The van der Waals surface area contributed by atoms with E-state index < -0.39 is 0 Å². The van der Waals surface area contributed by atoms with E-state index in [1.165, 1.54) is 24.3 Å². The number of rotatable bonds is 2. The van der Waals surface area contributed by atoms with E-state index in [2.05, 4.69) is 31.5 Å². The predicted octanol–water partition coefficient (Wildman–Crippen LogP) is 1.79. The molecule has 0 spiro atoms. The van der Waals surface area contributed by atoms with Crippen molar-refractivity contribution in [2.75, 3.05) is 0 Å². The van der Waals surface area contributed by atoms with Crippen molar-refractivity contribution in [3.05, 3.63) is 21.3 Å². The molecule has 1 aromatic rings. The molecule has 13 heavy (non-hydrogen) atoms. The molecule has 0 fully saturated rings. The van der Waals surface area contributed by atoms with Gasteiger partial charge in [-0.15, -0.1) is 24.8 Å². The van der Waals surface area contributed by atoms with E-state index in [-0.39, 0.29) is 24.8 Å². The zero-order valence-corrected chi connectivity index (χ0v) is 12.0. The van der Waals surface area contributed by atoms with Crippen molar-refractivity contribution in [2.24, 2.45) is 0 Å². The molecule has 0 aliphatic heterocycles. The highest BCUT2D eigenvalue weighted by molar-refractivity contribution is 9.10. The summed E-state index contributed by atoms with van der Waals surface area (Å²) in [5.41, 5.74) is 0. The third-order valence-corrected chi connectivity index (χ3v) is 2.67. The topological polar surface area (TPSA) is 0 Å². The van der Waals surface area contributed by atoms with Crippen LogP contribution in [0, 0.1) is 0 Å². The molecule has 0 aliphatic carbocycles. The molecule has 0 bridgehead atoms. The minimum Gasteiger partial charge on any atom is -0.151 e. The Hall–Kier alpha value is 0.955. The minimum absolute atomic E-state index is 0. The summed E-state index contributed by atoms with van der Waals surface area (Å²) in [7, 11) is 5.77. The first-order valence-corrected chi connectivity index (χ1v) is 5.72. The van der Waals surface area contributed by atoms with E-state index >= 15 is 0 Å². The largest absolute Gasteiger partial charge is 0.151 e. The zero-order chi connectivity index (χ0) is 8.53. The van der Waals surface area contributed by atoms with Crippen molar-refractivity contribution in [2.45, 2.75) is 12.6 Å². The molecule has 0 amide bonds. The van der Waals surface area contributed by atoms with Crippen molar-refractivity contribution >= 4 is 74.8 Å². The Morgan fingerprint density at radius 1 is 1.46 bits per heavy atom. The Labute approximate surface area is 108 Å². The van der Waals surface area contributed by atoms with Gasteiger partial charge in [0.15, 0.2) is 0 Å². The third kappa shape index (κ3) is 15.7. The second-order valence-corrected chi connectivity index (χ2v) is 3.99. The molecule has 0 N–H and O–H groups in total. The summed E-state index contributed by atoms with van der Waals surface area (Å²) in [6, 6.07) is 2.02. The summed E-state index contributed by atoms with van der Waals surface area (Å²) in [4.78, 5) is 0. The average molecular weight is 301 g/mol. The van der Waals surface area contributed by atoms with Gasteiger partial charge in [-0.05, 0) is 27.4 Å². The molecule has 0 nitrogen and oxygen atoms in total. The third-order valence-electron chi connectivity index (χ3n) is 1.19. The van der Waals surface area contributed by atoms with Gasteiger partial charge in [0.25, 0.3) is 0 Å². The van der Waals surface area contributed by atoms with Crippen LogP contribution in [0.2, 0.25) is 12.6 Å². The Bertz CT molecular complexity index is 161. The maximum absolute atomic E-state index is 3.29. The van der Waals surface area contributed by atoms with E-state index in [0.29, 0.717) is 0 Å². The molecule has 1 heterocycles. The zero-order valence-electron chi connectivity index (χ0n) is 7.96. The van der Waals surface area contributed by atoms with Gasteiger partial charge in [-0.3, -0.25) is 0 Å². The molecule has 1 aromatic heterocycles. The molecule has 0 unspecified atom stereocenters. The molecule has 0 saturated heterocycles. The fourth-order valence-electron chi connectivity index (χ4n) is 0.601. The van der Waals surface area contributed by atoms with Gasteiger partial charge in [0, 0.05) is 9.85 Å². The van der Waals surface area contributed by atoms with E-state index in [1.54, 1.807) is 11.3 Å². The van der Waals surface area contributed by atoms with Gasteiger partial charge in [0.05, 0.1) is 22.8 Å². The summed E-state index contributed by atoms with van der Waals surface area (Å²) in [6.45, 7) is 0. The lowest BCUT2D eigenvalue weighted by Crippen LogP contribution is -1.83. The fourth-order valence-corrected chi connectivity index (χ4v) is 1.74. The Kier molecular flexibility index (Phi) is 23.2. The van der Waals surface area contributed by atoms with Crippen LogP contribution in [0.3, 0.4) is 0 Å². The summed E-state index contributed by atoms with van der Waals surface area (Å²) in [5, 5.41) is 4.07. The van der Waals surface area contributed by atoms with E-state index in [0.717, 1.165) is 0 Å². The molecule has 7 heteroatoms. The van der Waals surface area contributed by atoms with Gasteiger partial charge < -0.3 is 0 Å². The van der Waals surface area contributed by atoms with E-state index in [1.807, 2.05) is 16.8 Å². The van der Waals surface area contributed by atoms with Crippen LogP contribution in [0.15, 0.2) is 21.3 Å². The minimum atomic E-state index is 0. The van der Waals surface area contributed by atoms with Gasteiger partial charge >= 0.3 is 0 Å². The molecule has 1 rings (SSSR count). The Morgan fingerprint density at radius 3 is 2.15 bits per heavy atom. The van der Waals surface area contributed by atoms with Crippen LogP contribution in [-0.2, 0) is 0 Å². The second kappa shape index (κ2) is 15.4. The SMILES string of the molecule is BBCCB.Brc1ccsc1.Cl.Cl. The van der Waals surface area contributed by atoms with Crippen molar-refractivity contribution in [3.8, 4) is 0 Å². The molecule has 0 radical (unpaired) electrons. The summed E-state index contributed by atoms with van der Waals surface area (Å²) in [6.07, 6.45) is 2.73. The second-order valence-electron chi connectivity index (χ2n) is 2.30. The molecular weight excluding hydrogens is 287 g/mol. The molecule has 74 valence electrons. The maximum Gasteiger partial charge on any atom is 0.0999 e. The molecule has 0 atom stereocenters. The van der Waals surface area contributed by atoms with Crippen LogP contribution in [-0.4, -0.2) is 22.8 Å². The maximum atomic E-state index is 3.29. The van der Waals surface area contributed by atoms with Gasteiger partial charge in [0.1, 0.15) is 0 Å². The predicted molar refractivity (Wildman–Crippen MR) is 80.4 cm³/mol. The number of hydrogen-bond donors (Lipinski definition) is 0. The highest BCUT2D eigenvalue weighted by Gasteiger charge is 1.77. The summed E-state index contributed by atoms with van der Waals surface area (Å²) < 4.78 is 1.17. The highest BCUT2D eigenvalue weighted by Crippen LogP contribution is 2.11. The summed E-state index contributed by atoms with van der Waals surface area (Å²) >= 11 is 4.98. The Morgan fingerprint density at radius 2 is 2.08 bits per heavy atom. The van der Waals surface area contributed by atoms with Crippen LogP contribution in [0.4, 0.5) is 0 Å². The fraction of sp³-hybridized carbons (Fsp3) is 0.333. The first-order chi connectivity index (χ1) is 5.31. The smallest absolute Gasteiger partial charge is 0.0999 e. The van der Waals surface area contributed by atoms with Crippen LogP contribution in [0.5, 0.6) is 0 Å². The van der Waals surface area contributed by atoms with E-state index in [4.69, 9.17) is 0 Å². The van der Waals surface area contributed by atoms with Crippen molar-refractivity contribution < 1.29 is 0 Å². The van der Waals surface area contributed by atoms with Gasteiger partial charge in [-0.1, -0.05) is 12.6 Å². The van der Waals surface area contributed by atoms with Crippen LogP contribution in [0.1, 0.15) is 0 Å². The highest BCUT2D eigenvalue weighted by atomic mass is 79.9. The molecule has 0 aliphatic rings. The monoisotopic (exact) mass is 300 g/mol.